The SMILES string of the molecule is CCOCc1cc(Nc2cc(Nc3ccccc3C(=O)NC)c(Cl)cn2)n(C(C)C)n1. The first kappa shape index (κ1) is 22.6. The van der Waals surface area contributed by atoms with Crippen LogP contribution in [-0.4, -0.2) is 34.3 Å². The predicted octanol–water partition coefficient (Wildman–Crippen LogP) is 4.90. The van der Waals surface area contributed by atoms with Crippen molar-refractivity contribution in [3.63, 3.8) is 0 Å². The van der Waals surface area contributed by atoms with Crippen molar-refractivity contribution in [2.24, 2.45) is 0 Å². The Morgan fingerprint density at radius 2 is 1.97 bits per heavy atom. The lowest BCUT2D eigenvalue weighted by Crippen LogP contribution is -2.19. The van der Waals surface area contributed by atoms with Gasteiger partial charge in [0.15, 0.2) is 0 Å². The van der Waals surface area contributed by atoms with Crippen LogP contribution in [0.25, 0.3) is 0 Å². The van der Waals surface area contributed by atoms with E-state index >= 15 is 0 Å². The number of pyridine rings is 1. The third kappa shape index (κ3) is 5.53. The first-order chi connectivity index (χ1) is 14.9. The van der Waals surface area contributed by atoms with Crippen LogP contribution in [0.1, 0.15) is 42.9 Å². The molecule has 0 aliphatic rings. The molecule has 0 saturated carbocycles. The lowest BCUT2D eigenvalue weighted by atomic mass is 10.1. The highest BCUT2D eigenvalue weighted by Gasteiger charge is 2.14. The smallest absolute Gasteiger partial charge is 0.253 e. The molecule has 0 spiro atoms. The molecule has 0 fully saturated rings. The topological polar surface area (TPSA) is 93.1 Å². The summed E-state index contributed by atoms with van der Waals surface area (Å²) in [6.45, 7) is 7.14. The molecule has 2 aromatic heterocycles. The number of hydrogen-bond donors (Lipinski definition) is 3. The van der Waals surface area contributed by atoms with E-state index < -0.39 is 0 Å². The van der Waals surface area contributed by atoms with Crippen LogP contribution in [0.5, 0.6) is 0 Å². The zero-order valence-electron chi connectivity index (χ0n) is 18.1. The largest absolute Gasteiger partial charge is 0.375 e. The number of carbonyl (C=O) groups is 1. The molecule has 0 atom stereocenters. The second kappa shape index (κ2) is 10.3. The Morgan fingerprint density at radius 1 is 1.19 bits per heavy atom. The highest BCUT2D eigenvalue weighted by atomic mass is 35.5. The molecule has 0 radical (unpaired) electrons. The van der Waals surface area contributed by atoms with Crippen molar-refractivity contribution >= 4 is 40.5 Å². The molecule has 8 nitrogen and oxygen atoms in total. The Morgan fingerprint density at radius 3 is 2.68 bits per heavy atom. The summed E-state index contributed by atoms with van der Waals surface area (Å²) in [6, 6.07) is 11.1. The molecule has 0 saturated heterocycles. The summed E-state index contributed by atoms with van der Waals surface area (Å²) in [5, 5.41) is 14.2. The third-order valence-electron chi connectivity index (χ3n) is 4.51. The molecule has 0 bridgehead atoms. The predicted molar refractivity (Wildman–Crippen MR) is 124 cm³/mol. The molecule has 3 rings (SSSR count). The molecule has 0 aliphatic heterocycles. The molecular formula is C22H27ClN6O2. The number of hydrogen-bond acceptors (Lipinski definition) is 6. The zero-order chi connectivity index (χ0) is 22.4. The summed E-state index contributed by atoms with van der Waals surface area (Å²) in [4.78, 5) is 16.6. The number of nitrogens with one attached hydrogen (secondary N) is 3. The van der Waals surface area contributed by atoms with Crippen molar-refractivity contribution in [2.45, 2.75) is 33.4 Å². The van der Waals surface area contributed by atoms with Crippen LogP contribution in [0, 0.1) is 0 Å². The normalized spacial score (nSPS) is 10.9. The van der Waals surface area contributed by atoms with E-state index in [1.807, 2.05) is 35.9 Å². The summed E-state index contributed by atoms with van der Waals surface area (Å²) >= 11 is 6.37. The number of anilines is 4. The zero-order valence-corrected chi connectivity index (χ0v) is 18.8. The number of para-hydroxylation sites is 1. The maximum absolute atomic E-state index is 12.2. The van der Waals surface area contributed by atoms with Crippen molar-refractivity contribution < 1.29 is 9.53 Å². The van der Waals surface area contributed by atoms with Crippen LogP contribution in [0.4, 0.5) is 23.0 Å². The van der Waals surface area contributed by atoms with Gasteiger partial charge in [0, 0.05) is 31.8 Å². The molecule has 31 heavy (non-hydrogen) atoms. The second-order valence-electron chi connectivity index (χ2n) is 7.12. The fourth-order valence-electron chi connectivity index (χ4n) is 3.01. The van der Waals surface area contributed by atoms with Crippen LogP contribution in [0.2, 0.25) is 5.02 Å². The monoisotopic (exact) mass is 442 g/mol. The van der Waals surface area contributed by atoms with E-state index in [0.29, 0.717) is 41.0 Å². The molecule has 2 heterocycles. The van der Waals surface area contributed by atoms with E-state index in [1.165, 1.54) is 0 Å². The fraction of sp³-hybridized carbons (Fsp3) is 0.318. The molecule has 0 aliphatic carbocycles. The number of aromatic nitrogens is 3. The minimum Gasteiger partial charge on any atom is -0.375 e. The van der Waals surface area contributed by atoms with Crippen LogP contribution < -0.4 is 16.0 Å². The Bertz CT molecular complexity index is 1050. The Hall–Kier alpha value is -3.10. The molecule has 3 aromatic rings. The average molecular weight is 443 g/mol. The number of amides is 1. The van der Waals surface area contributed by atoms with Crippen molar-refractivity contribution in [1.29, 1.82) is 0 Å². The first-order valence-corrected chi connectivity index (χ1v) is 10.5. The van der Waals surface area contributed by atoms with Gasteiger partial charge in [0.25, 0.3) is 5.91 Å². The van der Waals surface area contributed by atoms with Gasteiger partial charge in [-0.2, -0.15) is 5.10 Å². The van der Waals surface area contributed by atoms with E-state index in [9.17, 15) is 4.79 Å². The van der Waals surface area contributed by atoms with E-state index in [0.717, 1.165) is 11.5 Å². The molecule has 1 aromatic carbocycles. The highest BCUT2D eigenvalue weighted by molar-refractivity contribution is 6.33. The van der Waals surface area contributed by atoms with Crippen LogP contribution in [-0.2, 0) is 11.3 Å². The third-order valence-corrected chi connectivity index (χ3v) is 4.81. The summed E-state index contributed by atoms with van der Waals surface area (Å²) in [5.41, 5.74) is 2.63. The van der Waals surface area contributed by atoms with Gasteiger partial charge in [-0.25, -0.2) is 9.67 Å². The summed E-state index contributed by atoms with van der Waals surface area (Å²) < 4.78 is 7.37. The van der Waals surface area contributed by atoms with Gasteiger partial charge in [-0.1, -0.05) is 23.7 Å². The van der Waals surface area contributed by atoms with Gasteiger partial charge in [-0.3, -0.25) is 4.79 Å². The second-order valence-corrected chi connectivity index (χ2v) is 7.53. The number of ether oxygens (including phenoxy) is 1. The highest BCUT2D eigenvalue weighted by Crippen LogP contribution is 2.30. The standard InChI is InChI=1S/C22H27ClN6O2/c1-5-31-13-15-10-21(29(28-15)14(2)3)27-20-11-19(17(23)12-25-20)26-18-9-7-6-8-16(18)22(30)24-4/h6-12,14H,5,13H2,1-4H3,(H,24,30)(H2,25,26,27). The van der Waals surface area contributed by atoms with Crippen LogP contribution in [0.3, 0.4) is 0 Å². The summed E-state index contributed by atoms with van der Waals surface area (Å²) in [6.07, 6.45) is 1.56. The number of benzene rings is 1. The Balaban J connectivity index is 1.87. The minimum atomic E-state index is -0.186. The quantitative estimate of drug-likeness (QED) is 0.436. The van der Waals surface area contributed by atoms with E-state index in [1.54, 1.807) is 25.4 Å². The van der Waals surface area contributed by atoms with E-state index in [2.05, 4.69) is 39.9 Å². The van der Waals surface area contributed by atoms with Gasteiger partial charge in [0.1, 0.15) is 11.6 Å². The van der Waals surface area contributed by atoms with Gasteiger partial charge in [0.05, 0.1) is 40.5 Å². The molecule has 164 valence electrons. The fourth-order valence-corrected chi connectivity index (χ4v) is 3.16. The first-order valence-electron chi connectivity index (χ1n) is 10.1. The summed E-state index contributed by atoms with van der Waals surface area (Å²) in [5.74, 6) is 1.21. The molecule has 1 amide bonds. The number of nitrogens with zero attached hydrogens (tertiary/aromatic N) is 3. The number of rotatable bonds is 9. The number of halogens is 1. The molecule has 9 heteroatoms. The lowest BCUT2D eigenvalue weighted by Gasteiger charge is -2.15. The van der Waals surface area contributed by atoms with Gasteiger partial charge in [-0.05, 0) is 32.9 Å². The van der Waals surface area contributed by atoms with Crippen LogP contribution >= 0.6 is 11.6 Å². The van der Waals surface area contributed by atoms with Crippen molar-refractivity contribution in [2.75, 3.05) is 24.3 Å². The van der Waals surface area contributed by atoms with Crippen molar-refractivity contribution in [3.8, 4) is 0 Å². The van der Waals surface area contributed by atoms with Gasteiger partial charge in [0.2, 0.25) is 0 Å². The molecule has 3 N–H and O–H groups in total. The average Bonchev–Trinajstić information content (AvgIpc) is 3.17. The summed E-state index contributed by atoms with van der Waals surface area (Å²) in [7, 11) is 1.60. The maximum Gasteiger partial charge on any atom is 0.253 e. The Kier molecular flexibility index (Phi) is 7.49. The maximum atomic E-state index is 12.2. The number of carbonyl (C=O) groups excluding carboxylic acids is 1. The minimum absolute atomic E-state index is 0.155. The Labute approximate surface area is 187 Å². The van der Waals surface area contributed by atoms with Crippen molar-refractivity contribution in [1.82, 2.24) is 20.1 Å². The lowest BCUT2D eigenvalue weighted by molar-refractivity contribution is 0.0964. The van der Waals surface area contributed by atoms with Crippen molar-refractivity contribution in [3.05, 3.63) is 58.9 Å². The van der Waals surface area contributed by atoms with Gasteiger partial charge in [-0.15, -0.1) is 0 Å². The molecular weight excluding hydrogens is 416 g/mol. The van der Waals surface area contributed by atoms with Gasteiger partial charge >= 0.3 is 0 Å². The molecule has 0 unspecified atom stereocenters. The van der Waals surface area contributed by atoms with E-state index in [4.69, 9.17) is 16.3 Å². The van der Waals surface area contributed by atoms with Gasteiger partial charge < -0.3 is 20.7 Å². The van der Waals surface area contributed by atoms with E-state index in [-0.39, 0.29) is 11.9 Å². The van der Waals surface area contributed by atoms with Crippen LogP contribution in [0.15, 0.2) is 42.6 Å².